The van der Waals surface area contributed by atoms with E-state index < -0.39 is 24.0 Å². The highest BCUT2D eigenvalue weighted by molar-refractivity contribution is 7.22. The quantitative estimate of drug-likeness (QED) is 0.147. The van der Waals surface area contributed by atoms with Crippen molar-refractivity contribution in [2.45, 2.75) is 25.2 Å². The zero-order chi connectivity index (χ0) is 44.3. The molecule has 7 aromatic rings. The van der Waals surface area contributed by atoms with E-state index in [0.29, 0.717) is 72.7 Å². The molecule has 1 saturated heterocycles. The SMILES string of the molecule is COc1ccccc1-c1nccc(COc2ccc3cc2CC(C(=O)O)Oc2ncnc4sc(-c5ccc(F)cc5)c(c24)-c2cc(Cl)c(c(Cl)c2)O[C@H](CN2CCN(C)CC2)CO3)n1. The van der Waals surface area contributed by atoms with E-state index >= 15 is 0 Å². The summed E-state index contributed by atoms with van der Waals surface area (Å²) in [6.07, 6.45) is 0.818. The summed E-state index contributed by atoms with van der Waals surface area (Å²) < 4.78 is 45.7. The molecule has 328 valence electrons. The Morgan fingerprint density at radius 1 is 0.922 bits per heavy atom. The van der Waals surface area contributed by atoms with Gasteiger partial charge in [-0.1, -0.05) is 47.5 Å². The second-order valence-corrected chi connectivity index (χ2v) is 17.2. The molecule has 4 aromatic carbocycles. The number of ether oxygens (including phenoxy) is 5. The van der Waals surface area contributed by atoms with E-state index in [0.717, 1.165) is 31.7 Å². The highest BCUT2D eigenvalue weighted by Crippen LogP contribution is 2.49. The molecule has 3 aliphatic heterocycles. The molecular weight excluding hydrogens is 883 g/mol. The Labute approximate surface area is 381 Å². The number of likely N-dealkylation sites (N-methyl/N-ethyl adjacent to an activating group) is 1. The number of carboxylic acid groups (broad SMARTS) is 1. The second kappa shape index (κ2) is 18.9. The third-order valence-corrected chi connectivity index (χ3v) is 12.7. The standard InChI is InChI=1S/C47H41Cl2FN6O7S/c1-55-15-17-56(18-16-55)23-33-25-60-32-11-12-37(61-24-31-13-14-51-44(54-31)34-5-3-4-6-38(34)59-2)28(19-32)22-39(47(57)58)63-45-41-40(29-20-35(48)42(62-33)36(49)21-29)43(64-46(41)53-26-52-45)27-7-9-30(50)10-8-27/h3-14,19-21,26,33,39H,15-18,22-25H2,1-2H3,(H,57,58)/t33-,39?/m1/s1. The van der Waals surface area contributed by atoms with Gasteiger partial charge in [0.05, 0.1) is 33.8 Å². The fourth-order valence-corrected chi connectivity index (χ4v) is 9.47. The summed E-state index contributed by atoms with van der Waals surface area (Å²) in [5.41, 5.74) is 3.62. The van der Waals surface area contributed by atoms with Gasteiger partial charge in [0.25, 0.3) is 0 Å². The number of nitrogens with zero attached hydrogens (tertiary/aromatic N) is 6. The number of hydrogen-bond donors (Lipinski definition) is 1. The Bertz CT molecular complexity index is 2800. The first-order valence-electron chi connectivity index (χ1n) is 20.4. The second-order valence-electron chi connectivity index (χ2n) is 15.4. The van der Waals surface area contributed by atoms with Gasteiger partial charge in [0.1, 0.15) is 53.5 Å². The normalized spacial score (nSPS) is 17.0. The van der Waals surface area contributed by atoms with Crippen LogP contribution in [0.1, 0.15) is 11.3 Å². The third kappa shape index (κ3) is 9.40. The molecule has 0 spiro atoms. The van der Waals surface area contributed by atoms with Gasteiger partial charge in [-0.3, -0.25) is 4.90 Å². The van der Waals surface area contributed by atoms with Gasteiger partial charge in [-0.15, -0.1) is 11.3 Å². The number of aromatic nitrogens is 4. The number of methoxy groups -OCH3 is 1. The average molecular weight is 924 g/mol. The maximum atomic E-state index is 14.2. The molecule has 10 rings (SSSR count). The van der Waals surface area contributed by atoms with Crippen LogP contribution in [0, 0.1) is 5.82 Å². The zero-order valence-corrected chi connectivity index (χ0v) is 37.0. The number of aliphatic carboxylic acids is 1. The molecule has 0 aliphatic carbocycles. The molecule has 1 N–H and O–H groups in total. The van der Waals surface area contributed by atoms with Crippen molar-refractivity contribution < 1.29 is 38.0 Å². The lowest BCUT2D eigenvalue weighted by Gasteiger charge is -2.34. The maximum Gasteiger partial charge on any atom is 0.345 e. The number of hydrogen-bond acceptors (Lipinski definition) is 13. The molecule has 6 heterocycles. The number of carbonyl (C=O) groups is 1. The van der Waals surface area contributed by atoms with Crippen LogP contribution in [0.4, 0.5) is 4.39 Å². The number of thiophene rings is 1. The summed E-state index contributed by atoms with van der Waals surface area (Å²) in [4.78, 5) is 37.2. The number of para-hydroxylation sites is 1. The number of halogens is 3. The van der Waals surface area contributed by atoms with Crippen LogP contribution in [-0.4, -0.2) is 107 Å². The van der Waals surface area contributed by atoms with Crippen LogP contribution in [0.3, 0.4) is 0 Å². The van der Waals surface area contributed by atoms with Crippen LogP contribution in [0.5, 0.6) is 28.9 Å². The van der Waals surface area contributed by atoms with Crippen LogP contribution in [0.15, 0.2) is 97.5 Å². The van der Waals surface area contributed by atoms with Gasteiger partial charge in [0, 0.05) is 61.3 Å². The van der Waals surface area contributed by atoms with Crippen molar-refractivity contribution in [3.63, 3.8) is 0 Å². The van der Waals surface area contributed by atoms with Crippen molar-refractivity contribution in [1.29, 1.82) is 0 Å². The number of piperazine rings is 1. The molecule has 4 bridgehead atoms. The topological polar surface area (TPSA) is 141 Å². The number of fused-ring (bicyclic) bond motifs is 7. The predicted molar refractivity (Wildman–Crippen MR) is 243 cm³/mol. The zero-order valence-electron chi connectivity index (χ0n) is 34.7. The molecule has 1 unspecified atom stereocenters. The van der Waals surface area contributed by atoms with Crippen molar-refractivity contribution in [2.75, 3.05) is 53.5 Å². The highest BCUT2D eigenvalue weighted by Gasteiger charge is 2.30. The molecule has 0 radical (unpaired) electrons. The smallest absolute Gasteiger partial charge is 0.345 e. The largest absolute Gasteiger partial charge is 0.496 e. The molecule has 2 atom stereocenters. The lowest BCUT2D eigenvalue weighted by atomic mass is 9.99. The van der Waals surface area contributed by atoms with Crippen molar-refractivity contribution in [2.24, 2.45) is 0 Å². The van der Waals surface area contributed by atoms with E-state index in [1.54, 1.807) is 61.8 Å². The summed E-state index contributed by atoms with van der Waals surface area (Å²) in [5.74, 6) is 0.577. The van der Waals surface area contributed by atoms with Gasteiger partial charge >= 0.3 is 5.97 Å². The minimum absolute atomic E-state index is 0.0147. The summed E-state index contributed by atoms with van der Waals surface area (Å²) in [6, 6.07) is 24.0. The Hall–Kier alpha value is -6.10. The summed E-state index contributed by atoms with van der Waals surface area (Å²) in [6.45, 7) is 4.12. The van der Waals surface area contributed by atoms with Crippen LogP contribution >= 0.6 is 34.5 Å². The van der Waals surface area contributed by atoms with Crippen molar-refractivity contribution in [3.8, 4) is 61.8 Å². The number of carboxylic acids is 1. The molecule has 0 saturated carbocycles. The van der Waals surface area contributed by atoms with Crippen LogP contribution in [0.25, 0.3) is 43.2 Å². The fraction of sp³-hybridized carbons (Fsp3) is 0.255. The summed E-state index contributed by atoms with van der Waals surface area (Å²) in [5, 5.41) is 11.7. The molecule has 64 heavy (non-hydrogen) atoms. The van der Waals surface area contributed by atoms with E-state index in [-0.39, 0.29) is 41.3 Å². The molecular formula is C47H41Cl2FN6O7S. The van der Waals surface area contributed by atoms with Gasteiger partial charge in [-0.05, 0) is 78.8 Å². The van der Waals surface area contributed by atoms with Crippen molar-refractivity contribution in [3.05, 3.63) is 125 Å². The number of benzene rings is 4. The van der Waals surface area contributed by atoms with E-state index in [4.69, 9.17) is 51.9 Å². The first-order valence-corrected chi connectivity index (χ1v) is 22.0. The van der Waals surface area contributed by atoms with Gasteiger partial charge in [-0.25, -0.2) is 29.1 Å². The Balaban J connectivity index is 1.13. The highest BCUT2D eigenvalue weighted by atomic mass is 35.5. The van der Waals surface area contributed by atoms with Gasteiger partial charge in [0.15, 0.2) is 11.6 Å². The lowest BCUT2D eigenvalue weighted by Crippen LogP contribution is -2.49. The molecule has 3 aromatic heterocycles. The van der Waals surface area contributed by atoms with E-state index in [9.17, 15) is 14.3 Å². The van der Waals surface area contributed by atoms with Gasteiger partial charge < -0.3 is 33.7 Å². The Morgan fingerprint density at radius 3 is 2.47 bits per heavy atom. The first-order chi connectivity index (χ1) is 31.1. The average Bonchev–Trinajstić information content (AvgIpc) is 3.70. The summed E-state index contributed by atoms with van der Waals surface area (Å²) in [7, 11) is 3.68. The van der Waals surface area contributed by atoms with Crippen molar-refractivity contribution >= 4 is 50.7 Å². The molecule has 13 nitrogen and oxygen atoms in total. The maximum absolute atomic E-state index is 14.2. The monoisotopic (exact) mass is 922 g/mol. The minimum Gasteiger partial charge on any atom is -0.496 e. The molecule has 0 amide bonds. The molecule has 1 fully saturated rings. The van der Waals surface area contributed by atoms with Gasteiger partial charge in [-0.2, -0.15) is 0 Å². The Kier molecular flexibility index (Phi) is 12.8. The predicted octanol–water partition coefficient (Wildman–Crippen LogP) is 8.98. The minimum atomic E-state index is -1.47. The molecule has 17 heteroatoms. The van der Waals surface area contributed by atoms with E-state index in [1.807, 2.05) is 24.3 Å². The fourth-order valence-electron chi connectivity index (χ4n) is 7.74. The Morgan fingerprint density at radius 2 is 1.70 bits per heavy atom. The molecule has 3 aliphatic rings. The summed E-state index contributed by atoms with van der Waals surface area (Å²) >= 11 is 15.5. The van der Waals surface area contributed by atoms with Crippen LogP contribution in [0.2, 0.25) is 10.0 Å². The lowest BCUT2D eigenvalue weighted by molar-refractivity contribution is -0.145. The first kappa shape index (κ1) is 43.2. The van der Waals surface area contributed by atoms with E-state index in [1.165, 1.54) is 29.8 Å². The van der Waals surface area contributed by atoms with Crippen LogP contribution in [-0.2, 0) is 17.8 Å². The third-order valence-electron chi connectivity index (χ3n) is 11.0. The number of rotatable bonds is 9. The van der Waals surface area contributed by atoms with Crippen LogP contribution < -0.4 is 23.7 Å². The van der Waals surface area contributed by atoms with Crippen molar-refractivity contribution in [1.82, 2.24) is 29.7 Å². The van der Waals surface area contributed by atoms with Gasteiger partial charge in [0.2, 0.25) is 12.0 Å². The van der Waals surface area contributed by atoms with E-state index in [2.05, 4.69) is 31.8 Å².